The van der Waals surface area contributed by atoms with Crippen molar-refractivity contribution in [2.45, 2.75) is 25.9 Å². The number of nitriles is 1. The van der Waals surface area contributed by atoms with Gasteiger partial charge in [0.15, 0.2) is 0 Å². The molecule has 3 N–H and O–H groups in total. The first-order valence-electron chi connectivity index (χ1n) is 8.19. The SMILES string of the molecule is CC(N)CCn1c(=O)n(C)c2ccc(Nc3ccnc(Cl)c3C#N)cc21. The Kier molecular flexibility index (Phi) is 4.98. The summed E-state index contributed by atoms with van der Waals surface area (Å²) < 4.78 is 3.33. The van der Waals surface area contributed by atoms with Crippen molar-refractivity contribution in [3.63, 3.8) is 0 Å². The highest BCUT2D eigenvalue weighted by Crippen LogP contribution is 2.26. The zero-order chi connectivity index (χ0) is 18.8. The van der Waals surface area contributed by atoms with Crippen LogP contribution in [0.4, 0.5) is 11.4 Å². The number of fused-ring (bicyclic) bond motifs is 1. The number of nitrogens with zero attached hydrogens (tertiary/aromatic N) is 4. The molecule has 8 heteroatoms. The Morgan fingerprint density at radius 3 is 2.85 bits per heavy atom. The van der Waals surface area contributed by atoms with E-state index >= 15 is 0 Å². The third-order valence-corrected chi connectivity index (χ3v) is 4.54. The number of nitrogens with one attached hydrogen (secondary N) is 1. The standard InChI is InChI=1S/C18H19ClN6O/c1-11(21)6-8-25-16-9-12(3-4-15(16)24(2)18(25)26)23-14-5-7-22-17(19)13(14)10-20/h3-5,7,9,11H,6,8,21H2,1-2H3,(H,22,23). The quantitative estimate of drug-likeness (QED) is 0.672. The first-order chi connectivity index (χ1) is 12.4. The van der Waals surface area contributed by atoms with Gasteiger partial charge in [-0.05, 0) is 37.6 Å². The smallest absolute Gasteiger partial charge is 0.328 e. The molecule has 0 spiro atoms. The fraction of sp³-hybridized carbons (Fsp3) is 0.278. The molecule has 3 rings (SSSR count). The van der Waals surface area contributed by atoms with Crippen LogP contribution in [0.25, 0.3) is 11.0 Å². The maximum atomic E-state index is 12.5. The van der Waals surface area contributed by atoms with Gasteiger partial charge in [0.1, 0.15) is 16.8 Å². The highest BCUT2D eigenvalue weighted by atomic mass is 35.5. The average Bonchev–Trinajstić information content (AvgIpc) is 2.84. The number of hydrogen-bond acceptors (Lipinski definition) is 5. The van der Waals surface area contributed by atoms with E-state index in [1.165, 1.54) is 6.20 Å². The molecule has 134 valence electrons. The van der Waals surface area contributed by atoms with Crippen LogP contribution in [0.2, 0.25) is 5.15 Å². The molecule has 1 unspecified atom stereocenters. The summed E-state index contributed by atoms with van der Waals surface area (Å²) in [6, 6.07) is 9.35. The van der Waals surface area contributed by atoms with Gasteiger partial charge in [-0.15, -0.1) is 0 Å². The molecule has 3 aromatic rings. The molecule has 0 aliphatic rings. The number of hydrogen-bond donors (Lipinski definition) is 2. The Bertz CT molecular complexity index is 1060. The topological polar surface area (TPSA) is 102 Å². The number of pyridine rings is 1. The number of rotatable bonds is 5. The molecule has 26 heavy (non-hydrogen) atoms. The monoisotopic (exact) mass is 370 g/mol. The van der Waals surface area contributed by atoms with E-state index in [0.29, 0.717) is 18.7 Å². The summed E-state index contributed by atoms with van der Waals surface area (Å²) in [5, 5.41) is 12.6. The number of aromatic nitrogens is 3. The summed E-state index contributed by atoms with van der Waals surface area (Å²) in [7, 11) is 1.75. The molecule has 0 fully saturated rings. The molecular weight excluding hydrogens is 352 g/mol. The summed E-state index contributed by atoms with van der Waals surface area (Å²) in [6.45, 7) is 2.46. The molecule has 7 nitrogen and oxygen atoms in total. The van der Waals surface area contributed by atoms with Gasteiger partial charge in [0, 0.05) is 31.5 Å². The van der Waals surface area contributed by atoms with Gasteiger partial charge in [0.2, 0.25) is 0 Å². The van der Waals surface area contributed by atoms with E-state index in [4.69, 9.17) is 17.3 Å². The maximum Gasteiger partial charge on any atom is 0.328 e. The van der Waals surface area contributed by atoms with Gasteiger partial charge in [-0.1, -0.05) is 11.6 Å². The van der Waals surface area contributed by atoms with E-state index in [0.717, 1.165) is 16.7 Å². The fourth-order valence-corrected chi connectivity index (χ4v) is 3.04. The van der Waals surface area contributed by atoms with Crippen LogP contribution < -0.4 is 16.7 Å². The van der Waals surface area contributed by atoms with Crippen molar-refractivity contribution in [1.82, 2.24) is 14.1 Å². The summed E-state index contributed by atoms with van der Waals surface area (Å²) >= 11 is 5.98. The normalized spacial score (nSPS) is 12.1. The molecule has 0 amide bonds. The lowest BCUT2D eigenvalue weighted by Crippen LogP contribution is -2.25. The average molecular weight is 371 g/mol. The predicted octanol–water partition coefficient (Wildman–Crippen LogP) is 2.74. The first kappa shape index (κ1) is 18.0. The van der Waals surface area contributed by atoms with Gasteiger partial charge >= 0.3 is 5.69 Å². The molecule has 0 aliphatic heterocycles. The fourth-order valence-electron chi connectivity index (χ4n) is 2.84. The van der Waals surface area contributed by atoms with E-state index in [2.05, 4.69) is 10.3 Å². The Morgan fingerprint density at radius 1 is 1.38 bits per heavy atom. The Labute approximate surface area is 155 Å². The van der Waals surface area contributed by atoms with Crippen LogP contribution in [0.1, 0.15) is 18.9 Å². The van der Waals surface area contributed by atoms with Crippen molar-refractivity contribution in [3.05, 3.63) is 51.7 Å². The van der Waals surface area contributed by atoms with E-state index in [9.17, 15) is 10.1 Å². The molecule has 0 saturated carbocycles. The van der Waals surface area contributed by atoms with Crippen molar-refractivity contribution < 1.29 is 0 Å². The van der Waals surface area contributed by atoms with Crippen molar-refractivity contribution in [3.8, 4) is 6.07 Å². The lowest BCUT2D eigenvalue weighted by atomic mass is 10.2. The van der Waals surface area contributed by atoms with Crippen molar-refractivity contribution in [2.24, 2.45) is 12.8 Å². The van der Waals surface area contributed by atoms with Crippen LogP contribution >= 0.6 is 11.6 Å². The lowest BCUT2D eigenvalue weighted by molar-refractivity contribution is 0.562. The maximum absolute atomic E-state index is 12.5. The van der Waals surface area contributed by atoms with E-state index in [1.807, 2.05) is 31.2 Å². The van der Waals surface area contributed by atoms with Crippen LogP contribution in [0, 0.1) is 11.3 Å². The third kappa shape index (κ3) is 3.29. The zero-order valence-corrected chi connectivity index (χ0v) is 15.3. The van der Waals surface area contributed by atoms with Gasteiger partial charge in [0.05, 0.1) is 16.7 Å². The molecule has 1 atom stereocenters. The van der Waals surface area contributed by atoms with Gasteiger partial charge in [-0.25, -0.2) is 9.78 Å². The minimum atomic E-state index is -0.0810. The van der Waals surface area contributed by atoms with Crippen LogP contribution in [0.15, 0.2) is 35.3 Å². The predicted molar refractivity (Wildman–Crippen MR) is 103 cm³/mol. The number of nitrogens with two attached hydrogens (primary N) is 1. The molecular formula is C18H19ClN6O. The van der Waals surface area contributed by atoms with Gasteiger partial charge in [-0.2, -0.15) is 5.26 Å². The molecule has 1 aromatic carbocycles. The Hall–Kier alpha value is -2.82. The lowest BCUT2D eigenvalue weighted by Gasteiger charge is -2.10. The summed E-state index contributed by atoms with van der Waals surface area (Å²) in [6.07, 6.45) is 2.24. The molecule has 0 saturated heterocycles. The third-order valence-electron chi connectivity index (χ3n) is 4.25. The van der Waals surface area contributed by atoms with Crippen LogP contribution in [0.5, 0.6) is 0 Å². The highest BCUT2D eigenvalue weighted by Gasteiger charge is 2.13. The minimum absolute atomic E-state index is 0.00983. The van der Waals surface area contributed by atoms with Gasteiger partial charge in [0.25, 0.3) is 0 Å². The Balaban J connectivity index is 2.04. The number of halogens is 1. The summed E-state index contributed by atoms with van der Waals surface area (Å²) in [4.78, 5) is 16.4. The summed E-state index contributed by atoms with van der Waals surface area (Å²) in [5.41, 5.74) is 8.98. The van der Waals surface area contributed by atoms with E-state index in [-0.39, 0.29) is 22.4 Å². The minimum Gasteiger partial charge on any atom is -0.354 e. The van der Waals surface area contributed by atoms with Gasteiger partial charge < -0.3 is 11.1 Å². The highest BCUT2D eigenvalue weighted by molar-refractivity contribution is 6.31. The molecule has 0 bridgehead atoms. The molecule has 0 radical (unpaired) electrons. The van der Waals surface area contributed by atoms with Crippen molar-refractivity contribution >= 4 is 34.0 Å². The van der Waals surface area contributed by atoms with E-state index in [1.54, 1.807) is 22.2 Å². The first-order valence-corrected chi connectivity index (χ1v) is 8.56. The zero-order valence-electron chi connectivity index (χ0n) is 14.5. The van der Waals surface area contributed by atoms with Crippen LogP contribution in [0.3, 0.4) is 0 Å². The number of anilines is 2. The molecule has 0 aliphatic carbocycles. The summed E-state index contributed by atoms with van der Waals surface area (Å²) in [5.74, 6) is 0. The molecule has 2 aromatic heterocycles. The largest absolute Gasteiger partial charge is 0.354 e. The second-order valence-electron chi connectivity index (χ2n) is 6.22. The Morgan fingerprint density at radius 2 is 2.15 bits per heavy atom. The van der Waals surface area contributed by atoms with Gasteiger partial charge in [-0.3, -0.25) is 9.13 Å². The second-order valence-corrected chi connectivity index (χ2v) is 6.58. The van der Waals surface area contributed by atoms with Crippen LogP contribution in [-0.4, -0.2) is 20.2 Å². The van der Waals surface area contributed by atoms with Crippen molar-refractivity contribution in [2.75, 3.05) is 5.32 Å². The number of imidazole rings is 1. The number of aryl methyl sites for hydroxylation is 2. The second kappa shape index (κ2) is 7.20. The van der Waals surface area contributed by atoms with Crippen molar-refractivity contribution in [1.29, 1.82) is 5.26 Å². The molecule has 2 heterocycles. The van der Waals surface area contributed by atoms with Crippen LogP contribution in [-0.2, 0) is 13.6 Å². The number of benzene rings is 1. The van der Waals surface area contributed by atoms with E-state index < -0.39 is 0 Å².